The number of amides is 1. The summed E-state index contributed by atoms with van der Waals surface area (Å²) in [5.41, 5.74) is 0.532. The molecule has 1 aromatic heterocycles. The molecule has 2 aromatic rings. The molecule has 152 valence electrons. The first-order chi connectivity index (χ1) is 13.5. The minimum absolute atomic E-state index is 0.0564. The standard InChI is InChI=1S/C21H28ClN3O2S/c1-3-4-6-12-25-20(27)17-10-9-16(22)13-18(17)23-21(25)28-14-19(26)24-11-7-5-8-15(24)2/h9-10,13,15H,3-8,11-12,14H2,1-2H3. The fourth-order valence-corrected chi connectivity index (χ4v) is 4.76. The van der Waals surface area contributed by atoms with E-state index in [0.717, 1.165) is 38.6 Å². The molecule has 1 amide bonds. The fourth-order valence-electron chi connectivity index (χ4n) is 3.68. The van der Waals surface area contributed by atoms with Crippen LogP contribution in [0, 0.1) is 0 Å². The topological polar surface area (TPSA) is 55.2 Å². The number of nitrogens with zero attached hydrogens (tertiary/aromatic N) is 3. The number of rotatable bonds is 7. The number of thioether (sulfide) groups is 1. The van der Waals surface area contributed by atoms with E-state index in [1.807, 2.05) is 4.90 Å². The van der Waals surface area contributed by atoms with Gasteiger partial charge in [-0.1, -0.05) is 43.1 Å². The molecule has 1 unspecified atom stereocenters. The maximum Gasteiger partial charge on any atom is 0.262 e. The lowest BCUT2D eigenvalue weighted by Crippen LogP contribution is -2.43. The molecule has 3 rings (SSSR count). The molecule has 1 atom stereocenters. The Balaban J connectivity index is 1.85. The minimum Gasteiger partial charge on any atom is -0.339 e. The molecular formula is C21H28ClN3O2S. The molecule has 1 fully saturated rings. The quantitative estimate of drug-likeness (QED) is 0.368. The molecule has 28 heavy (non-hydrogen) atoms. The number of likely N-dealkylation sites (tertiary alicyclic amines) is 1. The molecule has 0 radical (unpaired) electrons. The van der Waals surface area contributed by atoms with Crippen LogP contribution in [0.25, 0.3) is 10.9 Å². The zero-order chi connectivity index (χ0) is 20.1. The number of hydrogen-bond acceptors (Lipinski definition) is 4. The van der Waals surface area contributed by atoms with Gasteiger partial charge in [-0.3, -0.25) is 14.2 Å². The van der Waals surface area contributed by atoms with Gasteiger partial charge >= 0.3 is 0 Å². The van der Waals surface area contributed by atoms with E-state index in [0.29, 0.717) is 33.4 Å². The maximum atomic E-state index is 13.0. The third kappa shape index (κ3) is 4.90. The van der Waals surface area contributed by atoms with E-state index in [4.69, 9.17) is 11.6 Å². The van der Waals surface area contributed by atoms with Crippen molar-refractivity contribution in [3.8, 4) is 0 Å². The van der Waals surface area contributed by atoms with Crippen molar-refractivity contribution in [1.82, 2.24) is 14.5 Å². The smallest absolute Gasteiger partial charge is 0.262 e. The summed E-state index contributed by atoms with van der Waals surface area (Å²) in [5, 5.41) is 1.73. The van der Waals surface area contributed by atoms with Crippen molar-refractivity contribution in [2.24, 2.45) is 0 Å². The summed E-state index contributed by atoms with van der Waals surface area (Å²) >= 11 is 7.46. The van der Waals surface area contributed by atoms with Gasteiger partial charge in [0.25, 0.3) is 5.56 Å². The van der Waals surface area contributed by atoms with Crippen molar-refractivity contribution in [3.05, 3.63) is 33.6 Å². The summed E-state index contributed by atoms with van der Waals surface area (Å²) < 4.78 is 1.73. The summed E-state index contributed by atoms with van der Waals surface area (Å²) in [7, 11) is 0. The van der Waals surface area contributed by atoms with E-state index in [1.165, 1.54) is 18.2 Å². The molecule has 0 aliphatic carbocycles. The van der Waals surface area contributed by atoms with Gasteiger partial charge < -0.3 is 4.90 Å². The summed E-state index contributed by atoms with van der Waals surface area (Å²) in [5.74, 6) is 0.425. The summed E-state index contributed by atoms with van der Waals surface area (Å²) in [6.45, 7) is 5.69. The third-order valence-corrected chi connectivity index (χ3v) is 6.51. The minimum atomic E-state index is -0.0564. The zero-order valence-corrected chi connectivity index (χ0v) is 18.2. The van der Waals surface area contributed by atoms with Gasteiger partial charge in [0, 0.05) is 24.2 Å². The number of fused-ring (bicyclic) bond motifs is 1. The number of carbonyl (C=O) groups is 1. The van der Waals surface area contributed by atoms with Crippen LogP contribution in [0.3, 0.4) is 0 Å². The van der Waals surface area contributed by atoms with Crippen LogP contribution in [-0.2, 0) is 11.3 Å². The molecule has 2 heterocycles. The van der Waals surface area contributed by atoms with E-state index in [9.17, 15) is 9.59 Å². The van der Waals surface area contributed by atoms with Crippen molar-refractivity contribution >= 4 is 40.2 Å². The van der Waals surface area contributed by atoms with Crippen LogP contribution in [0.4, 0.5) is 0 Å². The lowest BCUT2D eigenvalue weighted by molar-refractivity contribution is -0.131. The molecule has 0 spiro atoms. The van der Waals surface area contributed by atoms with Crippen molar-refractivity contribution in [2.75, 3.05) is 12.3 Å². The number of unbranched alkanes of at least 4 members (excludes halogenated alkanes) is 2. The first kappa shape index (κ1) is 21.2. The lowest BCUT2D eigenvalue weighted by atomic mass is 10.0. The van der Waals surface area contributed by atoms with E-state index in [-0.39, 0.29) is 17.5 Å². The van der Waals surface area contributed by atoms with Crippen molar-refractivity contribution in [2.45, 2.75) is 70.1 Å². The Hall–Kier alpha value is -1.53. The molecule has 0 N–H and O–H groups in total. The van der Waals surface area contributed by atoms with Gasteiger partial charge in [0.05, 0.1) is 16.7 Å². The Labute approximate surface area is 175 Å². The predicted molar refractivity (Wildman–Crippen MR) is 116 cm³/mol. The van der Waals surface area contributed by atoms with Crippen LogP contribution in [0.1, 0.15) is 52.4 Å². The van der Waals surface area contributed by atoms with Crippen LogP contribution in [0.5, 0.6) is 0 Å². The molecule has 1 saturated heterocycles. The first-order valence-electron chi connectivity index (χ1n) is 10.1. The average Bonchev–Trinajstić information content (AvgIpc) is 2.68. The van der Waals surface area contributed by atoms with Gasteiger partial charge in [0.15, 0.2) is 5.16 Å². The van der Waals surface area contributed by atoms with E-state index >= 15 is 0 Å². The largest absolute Gasteiger partial charge is 0.339 e. The number of carbonyl (C=O) groups excluding carboxylic acids is 1. The Morgan fingerprint density at radius 2 is 2.14 bits per heavy atom. The lowest BCUT2D eigenvalue weighted by Gasteiger charge is -2.33. The van der Waals surface area contributed by atoms with Gasteiger partial charge in [0.1, 0.15) is 0 Å². The molecule has 7 heteroatoms. The van der Waals surface area contributed by atoms with E-state index < -0.39 is 0 Å². The number of aromatic nitrogens is 2. The Morgan fingerprint density at radius 3 is 2.89 bits per heavy atom. The second-order valence-corrected chi connectivity index (χ2v) is 8.82. The summed E-state index contributed by atoms with van der Waals surface area (Å²) in [4.78, 5) is 32.4. The molecular weight excluding hydrogens is 394 g/mol. The normalized spacial score (nSPS) is 17.2. The first-order valence-corrected chi connectivity index (χ1v) is 11.5. The Bertz CT molecular complexity index is 899. The number of hydrogen-bond donors (Lipinski definition) is 0. The van der Waals surface area contributed by atoms with Crippen LogP contribution >= 0.6 is 23.4 Å². The Morgan fingerprint density at radius 1 is 1.32 bits per heavy atom. The van der Waals surface area contributed by atoms with Gasteiger partial charge in [-0.25, -0.2) is 4.98 Å². The highest BCUT2D eigenvalue weighted by atomic mass is 35.5. The van der Waals surface area contributed by atoms with Crippen LogP contribution < -0.4 is 5.56 Å². The molecule has 0 saturated carbocycles. The van der Waals surface area contributed by atoms with Crippen molar-refractivity contribution in [1.29, 1.82) is 0 Å². The van der Waals surface area contributed by atoms with E-state index in [1.54, 1.807) is 22.8 Å². The zero-order valence-electron chi connectivity index (χ0n) is 16.6. The number of halogens is 1. The summed E-state index contributed by atoms with van der Waals surface area (Å²) in [6.07, 6.45) is 6.36. The van der Waals surface area contributed by atoms with Crippen LogP contribution in [0.15, 0.2) is 28.2 Å². The predicted octanol–water partition coefficient (Wildman–Crippen LogP) is 4.73. The highest BCUT2D eigenvalue weighted by Gasteiger charge is 2.23. The number of benzene rings is 1. The SMILES string of the molecule is CCCCCn1c(SCC(=O)N2CCCCC2C)nc2cc(Cl)ccc2c1=O. The third-order valence-electron chi connectivity index (χ3n) is 5.32. The summed E-state index contributed by atoms with van der Waals surface area (Å²) in [6, 6.07) is 5.46. The Kier molecular flexibility index (Phi) is 7.41. The molecule has 5 nitrogen and oxygen atoms in total. The number of piperidine rings is 1. The molecule has 1 aliphatic heterocycles. The molecule has 0 bridgehead atoms. The average molecular weight is 422 g/mol. The van der Waals surface area contributed by atoms with Crippen molar-refractivity contribution in [3.63, 3.8) is 0 Å². The highest BCUT2D eigenvalue weighted by molar-refractivity contribution is 7.99. The maximum absolute atomic E-state index is 13.0. The fraction of sp³-hybridized carbons (Fsp3) is 0.571. The molecule has 1 aromatic carbocycles. The van der Waals surface area contributed by atoms with Crippen molar-refractivity contribution < 1.29 is 4.79 Å². The highest BCUT2D eigenvalue weighted by Crippen LogP contribution is 2.23. The van der Waals surface area contributed by atoms with Crippen LogP contribution in [0.2, 0.25) is 5.02 Å². The van der Waals surface area contributed by atoms with Crippen LogP contribution in [-0.4, -0.2) is 38.7 Å². The van der Waals surface area contributed by atoms with Gasteiger partial charge in [0.2, 0.25) is 5.91 Å². The monoisotopic (exact) mass is 421 g/mol. The van der Waals surface area contributed by atoms with Gasteiger partial charge in [-0.15, -0.1) is 0 Å². The van der Waals surface area contributed by atoms with Gasteiger partial charge in [-0.05, 0) is 50.8 Å². The van der Waals surface area contributed by atoms with Gasteiger partial charge in [-0.2, -0.15) is 0 Å². The second kappa shape index (κ2) is 9.79. The van der Waals surface area contributed by atoms with E-state index in [2.05, 4.69) is 18.8 Å². The second-order valence-electron chi connectivity index (χ2n) is 7.44. The molecule has 1 aliphatic rings.